The Hall–Kier alpha value is 0.170. The molecule has 0 aromatic heterocycles. The summed E-state index contributed by atoms with van der Waals surface area (Å²) in [6.45, 7) is 2.76. The molecule has 0 amide bonds. The lowest BCUT2D eigenvalue weighted by Crippen LogP contribution is -2.51. The van der Waals surface area contributed by atoms with Gasteiger partial charge in [-0.05, 0) is 31.7 Å². The van der Waals surface area contributed by atoms with Crippen molar-refractivity contribution in [2.75, 3.05) is 19.8 Å². The van der Waals surface area contributed by atoms with E-state index in [-0.39, 0.29) is 18.4 Å². The van der Waals surface area contributed by atoms with E-state index in [4.69, 9.17) is 10.5 Å². The molecule has 13 heavy (non-hydrogen) atoms. The number of nitrogens with two attached hydrogens (primary N) is 1. The molecule has 0 aromatic rings. The van der Waals surface area contributed by atoms with Gasteiger partial charge in [-0.25, -0.2) is 0 Å². The summed E-state index contributed by atoms with van der Waals surface area (Å²) in [5.74, 6) is 0.944. The number of rotatable bonds is 3. The van der Waals surface area contributed by atoms with Crippen LogP contribution in [0.5, 0.6) is 0 Å². The molecule has 4 heteroatoms. The molecule has 2 atom stereocenters. The quantitative estimate of drug-likeness (QED) is 0.708. The molecule has 0 aromatic carbocycles. The van der Waals surface area contributed by atoms with Crippen LogP contribution in [0.1, 0.15) is 19.3 Å². The Morgan fingerprint density at radius 2 is 2.08 bits per heavy atom. The maximum Gasteiger partial charge on any atom is 0.0632 e. The van der Waals surface area contributed by atoms with Crippen LogP contribution in [0, 0.1) is 5.92 Å². The van der Waals surface area contributed by atoms with Crippen molar-refractivity contribution in [1.82, 2.24) is 5.32 Å². The van der Waals surface area contributed by atoms with Gasteiger partial charge in [0, 0.05) is 18.7 Å². The molecular formula is C9H19ClN2O. The van der Waals surface area contributed by atoms with Crippen LogP contribution in [0.4, 0.5) is 0 Å². The first kappa shape index (κ1) is 11.2. The lowest BCUT2D eigenvalue weighted by Gasteiger charge is -2.29. The molecule has 0 bridgehead atoms. The zero-order valence-corrected chi connectivity index (χ0v) is 8.69. The van der Waals surface area contributed by atoms with E-state index < -0.39 is 0 Å². The Morgan fingerprint density at radius 3 is 2.69 bits per heavy atom. The Morgan fingerprint density at radius 1 is 1.31 bits per heavy atom. The van der Waals surface area contributed by atoms with Crippen LogP contribution in [0.25, 0.3) is 0 Å². The van der Waals surface area contributed by atoms with Gasteiger partial charge in [-0.3, -0.25) is 0 Å². The number of nitrogens with one attached hydrogen (secondary N) is 1. The van der Waals surface area contributed by atoms with E-state index in [1.54, 1.807) is 0 Å². The second-order valence-electron chi connectivity index (χ2n) is 3.99. The lowest BCUT2D eigenvalue weighted by molar-refractivity contribution is 0.0617. The summed E-state index contributed by atoms with van der Waals surface area (Å²) in [4.78, 5) is 0. The molecule has 78 valence electrons. The summed E-state index contributed by atoms with van der Waals surface area (Å²) in [7, 11) is 0. The van der Waals surface area contributed by atoms with Crippen LogP contribution < -0.4 is 11.1 Å². The lowest BCUT2D eigenvalue weighted by atomic mass is 10.0. The third-order valence-corrected chi connectivity index (χ3v) is 2.77. The topological polar surface area (TPSA) is 47.3 Å². The molecule has 1 saturated carbocycles. The predicted molar refractivity (Wildman–Crippen MR) is 55.2 cm³/mol. The third-order valence-electron chi connectivity index (χ3n) is 2.77. The first-order chi connectivity index (χ1) is 5.86. The molecule has 0 unspecified atom stereocenters. The molecule has 2 aliphatic rings. The molecular weight excluding hydrogens is 188 g/mol. The van der Waals surface area contributed by atoms with Gasteiger partial charge in [0.2, 0.25) is 0 Å². The van der Waals surface area contributed by atoms with Crippen LogP contribution in [-0.2, 0) is 4.74 Å². The molecule has 3 nitrogen and oxygen atoms in total. The van der Waals surface area contributed by atoms with E-state index in [9.17, 15) is 0 Å². The van der Waals surface area contributed by atoms with E-state index >= 15 is 0 Å². The van der Waals surface area contributed by atoms with E-state index in [1.807, 2.05) is 0 Å². The van der Waals surface area contributed by atoms with Crippen LogP contribution in [-0.4, -0.2) is 31.8 Å². The molecule has 1 saturated heterocycles. The minimum absolute atomic E-state index is 0. The molecule has 0 radical (unpaired) electrons. The zero-order valence-electron chi connectivity index (χ0n) is 7.87. The minimum atomic E-state index is 0. The average molecular weight is 207 g/mol. The minimum Gasteiger partial charge on any atom is -0.380 e. The molecule has 2 rings (SSSR count). The van der Waals surface area contributed by atoms with Crippen molar-refractivity contribution in [2.45, 2.75) is 31.3 Å². The van der Waals surface area contributed by atoms with Crippen molar-refractivity contribution in [3.8, 4) is 0 Å². The van der Waals surface area contributed by atoms with Gasteiger partial charge in [-0.1, -0.05) is 0 Å². The van der Waals surface area contributed by atoms with Gasteiger partial charge in [0.25, 0.3) is 0 Å². The van der Waals surface area contributed by atoms with Crippen molar-refractivity contribution >= 4 is 12.4 Å². The van der Waals surface area contributed by atoms with Crippen molar-refractivity contribution in [3.63, 3.8) is 0 Å². The Labute approximate surface area is 85.8 Å². The maximum atomic E-state index is 5.90. The fourth-order valence-electron chi connectivity index (χ4n) is 1.65. The van der Waals surface area contributed by atoms with Crippen molar-refractivity contribution in [3.05, 3.63) is 0 Å². The smallest absolute Gasteiger partial charge is 0.0632 e. The second kappa shape index (κ2) is 5.15. The normalized spacial score (nSPS) is 33.9. The summed E-state index contributed by atoms with van der Waals surface area (Å²) < 4.78 is 5.27. The highest BCUT2D eigenvalue weighted by Crippen LogP contribution is 2.27. The van der Waals surface area contributed by atoms with Crippen LogP contribution >= 0.6 is 12.4 Å². The highest BCUT2D eigenvalue weighted by molar-refractivity contribution is 5.85. The molecule has 1 heterocycles. The SMILES string of the molecule is Cl.N[C@@H]1COCC[C@H]1NCC1CC1. The van der Waals surface area contributed by atoms with E-state index in [0.29, 0.717) is 6.04 Å². The Balaban J connectivity index is 0.000000845. The van der Waals surface area contributed by atoms with Gasteiger partial charge >= 0.3 is 0 Å². The predicted octanol–water partition coefficient (Wildman–Crippen LogP) is 0.524. The van der Waals surface area contributed by atoms with E-state index in [0.717, 1.165) is 25.6 Å². The fourth-order valence-corrected chi connectivity index (χ4v) is 1.65. The van der Waals surface area contributed by atoms with Crippen molar-refractivity contribution < 1.29 is 4.74 Å². The van der Waals surface area contributed by atoms with Gasteiger partial charge in [-0.15, -0.1) is 12.4 Å². The summed E-state index contributed by atoms with van der Waals surface area (Å²) in [5.41, 5.74) is 5.90. The molecule has 3 N–H and O–H groups in total. The number of hydrogen-bond donors (Lipinski definition) is 2. The second-order valence-corrected chi connectivity index (χ2v) is 3.99. The molecule has 0 spiro atoms. The van der Waals surface area contributed by atoms with Gasteiger partial charge in [0.15, 0.2) is 0 Å². The monoisotopic (exact) mass is 206 g/mol. The van der Waals surface area contributed by atoms with Gasteiger partial charge in [0.1, 0.15) is 0 Å². The van der Waals surface area contributed by atoms with Crippen LogP contribution in [0.2, 0.25) is 0 Å². The number of halogens is 1. The zero-order chi connectivity index (χ0) is 8.39. The molecule has 2 fully saturated rings. The van der Waals surface area contributed by atoms with Crippen molar-refractivity contribution in [2.24, 2.45) is 11.7 Å². The highest BCUT2D eigenvalue weighted by Gasteiger charge is 2.26. The summed E-state index contributed by atoms with van der Waals surface area (Å²) >= 11 is 0. The standard InChI is InChI=1S/C9H18N2O.ClH/c10-8-6-12-4-3-9(8)11-5-7-1-2-7;/h7-9,11H,1-6,10H2;1H/t8-,9-;/m1./s1. The highest BCUT2D eigenvalue weighted by atomic mass is 35.5. The van der Waals surface area contributed by atoms with E-state index in [1.165, 1.54) is 19.4 Å². The third kappa shape index (κ3) is 3.43. The first-order valence-electron chi connectivity index (χ1n) is 4.93. The van der Waals surface area contributed by atoms with Gasteiger partial charge in [0.05, 0.1) is 6.61 Å². The fraction of sp³-hybridized carbons (Fsp3) is 1.00. The Kier molecular flexibility index (Phi) is 4.46. The van der Waals surface area contributed by atoms with Crippen molar-refractivity contribution in [1.29, 1.82) is 0 Å². The van der Waals surface area contributed by atoms with Crippen LogP contribution in [0.15, 0.2) is 0 Å². The first-order valence-corrected chi connectivity index (χ1v) is 4.93. The summed E-state index contributed by atoms with van der Waals surface area (Å²) in [6.07, 6.45) is 3.89. The number of ether oxygens (including phenoxy) is 1. The van der Waals surface area contributed by atoms with Gasteiger partial charge in [-0.2, -0.15) is 0 Å². The van der Waals surface area contributed by atoms with Crippen LogP contribution in [0.3, 0.4) is 0 Å². The summed E-state index contributed by atoms with van der Waals surface area (Å²) in [5, 5.41) is 3.53. The Bertz CT molecular complexity index is 153. The van der Waals surface area contributed by atoms with Gasteiger partial charge < -0.3 is 15.8 Å². The maximum absolute atomic E-state index is 5.90. The number of hydrogen-bond acceptors (Lipinski definition) is 3. The molecule has 1 aliphatic heterocycles. The van der Waals surface area contributed by atoms with E-state index in [2.05, 4.69) is 5.32 Å². The summed E-state index contributed by atoms with van der Waals surface area (Å²) in [6, 6.07) is 0.705. The average Bonchev–Trinajstić information content (AvgIpc) is 2.86. The largest absolute Gasteiger partial charge is 0.380 e. The molecule has 1 aliphatic carbocycles.